The number of benzene rings is 2. The van der Waals surface area contributed by atoms with Gasteiger partial charge in [-0.05, 0) is 25.1 Å². The molecule has 0 aliphatic rings. The van der Waals surface area contributed by atoms with Gasteiger partial charge >= 0.3 is 0 Å². The fourth-order valence-corrected chi connectivity index (χ4v) is 2.35. The van der Waals surface area contributed by atoms with Gasteiger partial charge in [-0.25, -0.2) is 0 Å². The monoisotopic (exact) mass is 358 g/mol. The summed E-state index contributed by atoms with van der Waals surface area (Å²) in [4.78, 5) is 22.5. The van der Waals surface area contributed by atoms with Gasteiger partial charge in [-0.15, -0.1) is 0 Å². The molecule has 0 spiro atoms. The summed E-state index contributed by atoms with van der Waals surface area (Å²) in [5.74, 6) is -0.539. The van der Waals surface area contributed by atoms with Crippen LogP contribution in [0.2, 0.25) is 15.1 Å². The highest BCUT2D eigenvalue weighted by Crippen LogP contribution is 2.32. The van der Waals surface area contributed by atoms with E-state index in [9.17, 15) is 14.9 Å². The largest absolute Gasteiger partial charge is 0.321 e. The lowest BCUT2D eigenvalue weighted by Gasteiger charge is -2.09. The zero-order valence-corrected chi connectivity index (χ0v) is 13.5. The second-order valence-electron chi connectivity index (χ2n) is 4.46. The maximum Gasteiger partial charge on any atom is 0.273 e. The third-order valence-electron chi connectivity index (χ3n) is 2.93. The smallest absolute Gasteiger partial charge is 0.273 e. The van der Waals surface area contributed by atoms with Crippen LogP contribution in [0.3, 0.4) is 0 Å². The number of carbonyl (C=O) groups excluding carboxylic acids is 1. The number of anilines is 1. The highest BCUT2D eigenvalue weighted by Gasteiger charge is 2.16. The molecule has 0 saturated carbocycles. The van der Waals surface area contributed by atoms with Gasteiger partial charge in [0.2, 0.25) is 0 Å². The van der Waals surface area contributed by atoms with Gasteiger partial charge in [-0.2, -0.15) is 0 Å². The molecule has 0 fully saturated rings. The lowest BCUT2D eigenvalue weighted by atomic mass is 10.1. The number of hydrogen-bond donors (Lipinski definition) is 1. The molecular formula is C14H9Cl3N2O3. The first-order valence-corrected chi connectivity index (χ1v) is 7.14. The highest BCUT2D eigenvalue weighted by molar-refractivity contribution is 6.44. The predicted octanol–water partition coefficient (Wildman–Crippen LogP) is 5.12. The first-order valence-electron chi connectivity index (χ1n) is 6.00. The standard InChI is InChI=1S/C14H9Cl3N2O3/c1-7-2-3-8(4-13(7)19(21)22)14(20)18-12-6-10(16)9(15)5-11(12)17/h2-6H,1H3,(H,18,20). The summed E-state index contributed by atoms with van der Waals surface area (Å²) in [6, 6.07) is 7.01. The van der Waals surface area contributed by atoms with Crippen molar-refractivity contribution in [1.29, 1.82) is 0 Å². The van der Waals surface area contributed by atoms with Crippen LogP contribution in [0.5, 0.6) is 0 Å². The first-order chi connectivity index (χ1) is 10.3. The molecule has 0 atom stereocenters. The highest BCUT2D eigenvalue weighted by atomic mass is 35.5. The lowest BCUT2D eigenvalue weighted by molar-refractivity contribution is -0.385. The second-order valence-corrected chi connectivity index (χ2v) is 5.68. The van der Waals surface area contributed by atoms with Crippen LogP contribution in [0.1, 0.15) is 15.9 Å². The molecule has 0 bridgehead atoms. The topological polar surface area (TPSA) is 72.2 Å². The number of nitro benzene ring substituents is 1. The van der Waals surface area contributed by atoms with Crippen molar-refractivity contribution < 1.29 is 9.72 Å². The summed E-state index contributed by atoms with van der Waals surface area (Å²) in [5, 5.41) is 14.2. The van der Waals surface area contributed by atoms with Crippen LogP contribution >= 0.6 is 34.8 Å². The molecule has 0 aromatic heterocycles. The van der Waals surface area contributed by atoms with E-state index in [1.165, 1.54) is 30.3 Å². The molecule has 2 aromatic rings. The molecule has 0 radical (unpaired) electrons. The van der Waals surface area contributed by atoms with E-state index in [1.807, 2.05) is 0 Å². The molecule has 8 heteroatoms. The fraction of sp³-hybridized carbons (Fsp3) is 0.0714. The summed E-state index contributed by atoms with van der Waals surface area (Å²) >= 11 is 17.7. The zero-order chi connectivity index (χ0) is 16.4. The molecule has 0 heterocycles. The average Bonchev–Trinajstić information content (AvgIpc) is 2.44. The van der Waals surface area contributed by atoms with E-state index in [0.717, 1.165) is 0 Å². The van der Waals surface area contributed by atoms with E-state index in [2.05, 4.69) is 5.32 Å². The van der Waals surface area contributed by atoms with Crippen molar-refractivity contribution in [2.45, 2.75) is 6.92 Å². The van der Waals surface area contributed by atoms with Crippen molar-refractivity contribution in [3.05, 3.63) is 66.6 Å². The Morgan fingerprint density at radius 2 is 1.73 bits per heavy atom. The third kappa shape index (κ3) is 3.50. The van der Waals surface area contributed by atoms with Gasteiger partial charge in [0, 0.05) is 17.2 Å². The Bertz CT molecular complexity index is 778. The average molecular weight is 360 g/mol. The molecule has 5 nitrogen and oxygen atoms in total. The van der Waals surface area contributed by atoms with E-state index < -0.39 is 10.8 Å². The number of carbonyl (C=O) groups is 1. The van der Waals surface area contributed by atoms with Crippen LogP contribution in [0.15, 0.2) is 30.3 Å². The van der Waals surface area contributed by atoms with Gasteiger partial charge in [0.25, 0.3) is 11.6 Å². The van der Waals surface area contributed by atoms with Crippen LogP contribution in [-0.2, 0) is 0 Å². The van der Waals surface area contributed by atoms with Crippen molar-refractivity contribution in [3.8, 4) is 0 Å². The Labute approximate surface area is 140 Å². The van der Waals surface area contributed by atoms with Gasteiger partial charge < -0.3 is 5.32 Å². The summed E-state index contributed by atoms with van der Waals surface area (Å²) in [6.07, 6.45) is 0. The second kappa shape index (κ2) is 6.52. The maximum absolute atomic E-state index is 12.2. The molecule has 0 aliphatic carbocycles. The van der Waals surface area contributed by atoms with E-state index in [1.54, 1.807) is 6.92 Å². The number of nitro groups is 1. The van der Waals surface area contributed by atoms with Gasteiger partial charge in [-0.3, -0.25) is 14.9 Å². The molecule has 1 N–H and O–H groups in total. The number of aryl methyl sites for hydroxylation is 1. The molecule has 0 saturated heterocycles. The quantitative estimate of drug-likeness (QED) is 0.470. The van der Waals surface area contributed by atoms with Crippen molar-refractivity contribution in [2.75, 3.05) is 5.32 Å². The number of halogens is 3. The minimum Gasteiger partial charge on any atom is -0.321 e. The number of rotatable bonds is 3. The van der Waals surface area contributed by atoms with Gasteiger partial charge in [-0.1, -0.05) is 40.9 Å². The van der Waals surface area contributed by atoms with Crippen molar-refractivity contribution in [3.63, 3.8) is 0 Å². The van der Waals surface area contributed by atoms with Crippen LogP contribution < -0.4 is 5.32 Å². The Morgan fingerprint density at radius 1 is 1.09 bits per heavy atom. The Morgan fingerprint density at radius 3 is 2.36 bits per heavy atom. The summed E-state index contributed by atoms with van der Waals surface area (Å²) in [7, 11) is 0. The molecule has 0 aliphatic heterocycles. The summed E-state index contributed by atoms with van der Waals surface area (Å²) in [6.45, 7) is 1.59. The minimum absolute atomic E-state index is 0.132. The summed E-state index contributed by atoms with van der Waals surface area (Å²) < 4.78 is 0. The molecule has 0 unspecified atom stereocenters. The number of hydrogen-bond acceptors (Lipinski definition) is 3. The third-order valence-corrected chi connectivity index (χ3v) is 3.96. The maximum atomic E-state index is 12.2. The zero-order valence-electron chi connectivity index (χ0n) is 11.2. The number of amides is 1. The van der Waals surface area contributed by atoms with E-state index in [-0.39, 0.29) is 32.0 Å². The van der Waals surface area contributed by atoms with Crippen molar-refractivity contribution in [2.24, 2.45) is 0 Å². The number of nitrogens with zero attached hydrogens (tertiary/aromatic N) is 1. The molecular weight excluding hydrogens is 351 g/mol. The molecule has 2 rings (SSSR count). The van der Waals surface area contributed by atoms with E-state index >= 15 is 0 Å². The van der Waals surface area contributed by atoms with Crippen LogP contribution in [0.4, 0.5) is 11.4 Å². The fourth-order valence-electron chi connectivity index (χ4n) is 1.76. The normalized spacial score (nSPS) is 10.4. The number of nitrogens with one attached hydrogen (secondary N) is 1. The van der Waals surface area contributed by atoms with Crippen molar-refractivity contribution >= 4 is 52.1 Å². The lowest BCUT2D eigenvalue weighted by Crippen LogP contribution is -2.12. The van der Waals surface area contributed by atoms with Crippen molar-refractivity contribution in [1.82, 2.24) is 0 Å². The van der Waals surface area contributed by atoms with Crippen LogP contribution in [-0.4, -0.2) is 10.8 Å². The molecule has 22 heavy (non-hydrogen) atoms. The molecule has 2 aromatic carbocycles. The van der Waals surface area contributed by atoms with Gasteiger partial charge in [0.1, 0.15) is 0 Å². The van der Waals surface area contributed by atoms with Gasteiger partial charge in [0.15, 0.2) is 0 Å². The van der Waals surface area contributed by atoms with Gasteiger partial charge in [0.05, 0.1) is 25.7 Å². The minimum atomic E-state index is -0.543. The first kappa shape index (κ1) is 16.5. The van der Waals surface area contributed by atoms with Crippen LogP contribution in [0, 0.1) is 17.0 Å². The van der Waals surface area contributed by atoms with E-state index in [4.69, 9.17) is 34.8 Å². The Balaban J connectivity index is 2.32. The molecule has 1 amide bonds. The Kier molecular flexibility index (Phi) is 4.90. The summed E-state index contributed by atoms with van der Waals surface area (Å²) in [5.41, 5.74) is 0.741. The molecule has 114 valence electrons. The van der Waals surface area contributed by atoms with E-state index in [0.29, 0.717) is 5.56 Å². The van der Waals surface area contributed by atoms with Crippen LogP contribution in [0.25, 0.3) is 0 Å². The Hall–Kier alpha value is -1.82. The predicted molar refractivity (Wildman–Crippen MR) is 87.3 cm³/mol. The SMILES string of the molecule is Cc1ccc(C(=O)Nc2cc(Cl)c(Cl)cc2Cl)cc1[N+](=O)[O-].